The number of hydrogen-bond donors (Lipinski definition) is 2. The minimum absolute atomic E-state index is 0.350. The van der Waals surface area contributed by atoms with Gasteiger partial charge in [0.05, 0.1) is 5.69 Å². The maximum Gasteiger partial charge on any atom is 0.149 e. The van der Waals surface area contributed by atoms with Crippen LogP contribution in [0.1, 0.15) is 19.4 Å². The summed E-state index contributed by atoms with van der Waals surface area (Å²) in [4.78, 5) is 6.52. The number of hydrogen-bond acceptors (Lipinski definition) is 4. The predicted molar refractivity (Wildman–Crippen MR) is 74.2 cm³/mol. The van der Waals surface area contributed by atoms with Crippen molar-refractivity contribution in [3.8, 4) is 0 Å². The van der Waals surface area contributed by atoms with Gasteiger partial charge in [0.1, 0.15) is 5.82 Å². The normalized spacial score (nSPS) is 13.1. The van der Waals surface area contributed by atoms with Crippen molar-refractivity contribution in [3.05, 3.63) is 17.8 Å². The van der Waals surface area contributed by atoms with Crippen molar-refractivity contribution in [2.24, 2.45) is 5.92 Å². The molecule has 0 bridgehead atoms. The summed E-state index contributed by atoms with van der Waals surface area (Å²) in [5.41, 5.74) is 7.76. The Hall–Kier alpha value is -1.29. The molecule has 0 aliphatic carbocycles. The third kappa shape index (κ3) is 4.23. The third-order valence-corrected chi connectivity index (χ3v) is 2.74. The van der Waals surface area contributed by atoms with Gasteiger partial charge in [-0.2, -0.15) is 0 Å². The second kappa shape index (κ2) is 5.87. The van der Waals surface area contributed by atoms with Gasteiger partial charge in [0.25, 0.3) is 0 Å². The smallest absolute Gasteiger partial charge is 0.149 e. The maximum atomic E-state index is 5.96. The molecule has 96 valence electrons. The van der Waals surface area contributed by atoms with Crippen molar-refractivity contribution < 1.29 is 0 Å². The van der Waals surface area contributed by atoms with Gasteiger partial charge in [-0.3, -0.25) is 0 Å². The van der Waals surface area contributed by atoms with Gasteiger partial charge in [0.15, 0.2) is 0 Å². The first-order valence-electron chi connectivity index (χ1n) is 6.03. The highest BCUT2D eigenvalue weighted by Crippen LogP contribution is 2.19. The molecule has 4 nitrogen and oxygen atoms in total. The summed E-state index contributed by atoms with van der Waals surface area (Å²) in [6.07, 6.45) is 1.84. The second-order valence-corrected chi connectivity index (χ2v) is 5.21. The standard InChI is InChI=1S/C13H24N4/c1-9(2)12(8-17(4)5)16-13-11(14)6-10(3)7-15-13/h6-7,9,12H,8,14H2,1-5H3,(H,15,16). The zero-order valence-electron chi connectivity index (χ0n) is 11.5. The fraction of sp³-hybridized carbons (Fsp3) is 0.615. The molecule has 0 saturated heterocycles. The lowest BCUT2D eigenvalue weighted by Crippen LogP contribution is -2.36. The van der Waals surface area contributed by atoms with E-state index in [-0.39, 0.29) is 0 Å². The van der Waals surface area contributed by atoms with Crippen LogP contribution in [0.3, 0.4) is 0 Å². The van der Waals surface area contributed by atoms with Crippen molar-refractivity contribution in [1.29, 1.82) is 0 Å². The Balaban J connectivity index is 2.78. The summed E-state index contributed by atoms with van der Waals surface area (Å²) in [7, 11) is 4.14. The first-order chi connectivity index (χ1) is 7.90. The zero-order valence-corrected chi connectivity index (χ0v) is 11.5. The van der Waals surface area contributed by atoms with Gasteiger partial charge in [-0.25, -0.2) is 4.98 Å². The molecule has 0 aliphatic heterocycles. The van der Waals surface area contributed by atoms with Crippen molar-refractivity contribution in [3.63, 3.8) is 0 Å². The molecule has 0 aromatic carbocycles. The number of nitrogen functional groups attached to an aromatic ring is 1. The number of likely N-dealkylation sites (N-methyl/N-ethyl adjacent to an activating group) is 1. The molecule has 1 aromatic heterocycles. The molecule has 1 heterocycles. The molecule has 3 N–H and O–H groups in total. The molecule has 0 saturated carbocycles. The van der Waals surface area contributed by atoms with E-state index < -0.39 is 0 Å². The Morgan fingerprint density at radius 2 is 2.06 bits per heavy atom. The molecule has 0 spiro atoms. The molecule has 1 aromatic rings. The fourth-order valence-electron chi connectivity index (χ4n) is 1.70. The van der Waals surface area contributed by atoms with Gasteiger partial charge in [0.2, 0.25) is 0 Å². The van der Waals surface area contributed by atoms with Crippen LogP contribution in [0.2, 0.25) is 0 Å². The third-order valence-electron chi connectivity index (χ3n) is 2.74. The SMILES string of the molecule is Cc1cnc(NC(CN(C)C)C(C)C)c(N)c1. The van der Waals surface area contributed by atoms with Crippen molar-refractivity contribution in [1.82, 2.24) is 9.88 Å². The molecule has 1 unspecified atom stereocenters. The van der Waals surface area contributed by atoms with E-state index in [9.17, 15) is 0 Å². The number of nitrogens with one attached hydrogen (secondary N) is 1. The van der Waals surface area contributed by atoms with Crippen LogP contribution in [-0.2, 0) is 0 Å². The number of nitrogens with zero attached hydrogens (tertiary/aromatic N) is 2. The molecule has 17 heavy (non-hydrogen) atoms. The summed E-state index contributed by atoms with van der Waals surface area (Å²) in [6.45, 7) is 7.36. The van der Waals surface area contributed by atoms with E-state index in [1.807, 2.05) is 19.2 Å². The zero-order chi connectivity index (χ0) is 13.0. The van der Waals surface area contributed by atoms with Crippen LogP contribution in [0, 0.1) is 12.8 Å². The van der Waals surface area contributed by atoms with Gasteiger partial charge in [0, 0.05) is 18.8 Å². The summed E-state index contributed by atoms with van der Waals surface area (Å²) < 4.78 is 0. The van der Waals surface area contributed by atoms with Crippen LogP contribution >= 0.6 is 0 Å². The first-order valence-corrected chi connectivity index (χ1v) is 6.03. The van der Waals surface area contributed by atoms with Gasteiger partial charge >= 0.3 is 0 Å². The quantitative estimate of drug-likeness (QED) is 0.820. The summed E-state index contributed by atoms with van der Waals surface area (Å²) in [5.74, 6) is 1.32. The highest BCUT2D eigenvalue weighted by molar-refractivity contribution is 5.62. The number of aryl methyl sites for hydroxylation is 1. The number of aromatic nitrogens is 1. The molecular formula is C13H24N4. The lowest BCUT2D eigenvalue weighted by molar-refractivity contribution is 0.344. The Bertz CT molecular complexity index is 360. The van der Waals surface area contributed by atoms with Crippen molar-refractivity contribution >= 4 is 11.5 Å². The van der Waals surface area contributed by atoms with Crippen LogP contribution in [-0.4, -0.2) is 36.6 Å². The van der Waals surface area contributed by atoms with Crippen LogP contribution in [0.15, 0.2) is 12.3 Å². The van der Waals surface area contributed by atoms with E-state index >= 15 is 0 Å². The molecule has 1 atom stereocenters. The van der Waals surface area contributed by atoms with Gasteiger partial charge in [-0.05, 0) is 38.6 Å². The van der Waals surface area contributed by atoms with E-state index in [1.54, 1.807) is 0 Å². The average Bonchev–Trinajstić information content (AvgIpc) is 2.19. The second-order valence-electron chi connectivity index (χ2n) is 5.21. The van der Waals surface area contributed by atoms with Gasteiger partial charge < -0.3 is 16.0 Å². The van der Waals surface area contributed by atoms with Crippen molar-refractivity contribution in [2.45, 2.75) is 26.8 Å². The lowest BCUT2D eigenvalue weighted by atomic mass is 10.0. The first kappa shape index (κ1) is 13.8. The average molecular weight is 236 g/mol. The molecule has 0 fully saturated rings. The van der Waals surface area contributed by atoms with E-state index in [0.717, 1.165) is 23.6 Å². The summed E-state index contributed by atoms with van der Waals surface area (Å²) in [5, 5.41) is 3.43. The number of rotatable bonds is 5. The van der Waals surface area contributed by atoms with Crippen molar-refractivity contribution in [2.75, 3.05) is 31.7 Å². The number of nitrogens with two attached hydrogens (primary N) is 1. The monoisotopic (exact) mass is 236 g/mol. The van der Waals surface area contributed by atoms with Crippen LogP contribution in [0.5, 0.6) is 0 Å². The molecule has 1 rings (SSSR count). The molecular weight excluding hydrogens is 212 g/mol. The Kier molecular flexibility index (Phi) is 4.75. The topological polar surface area (TPSA) is 54.2 Å². The largest absolute Gasteiger partial charge is 0.396 e. The Morgan fingerprint density at radius 1 is 1.41 bits per heavy atom. The maximum absolute atomic E-state index is 5.96. The summed E-state index contributed by atoms with van der Waals surface area (Å²) in [6, 6.07) is 2.30. The minimum Gasteiger partial charge on any atom is -0.396 e. The van der Waals surface area contributed by atoms with Gasteiger partial charge in [-0.1, -0.05) is 13.8 Å². The van der Waals surface area contributed by atoms with Crippen LogP contribution in [0.4, 0.5) is 11.5 Å². The molecule has 0 amide bonds. The highest BCUT2D eigenvalue weighted by atomic mass is 15.1. The van der Waals surface area contributed by atoms with E-state index in [1.165, 1.54) is 0 Å². The van der Waals surface area contributed by atoms with E-state index in [4.69, 9.17) is 5.73 Å². The number of anilines is 2. The minimum atomic E-state index is 0.350. The fourth-order valence-corrected chi connectivity index (χ4v) is 1.70. The number of pyridine rings is 1. The van der Waals surface area contributed by atoms with Gasteiger partial charge in [-0.15, -0.1) is 0 Å². The Morgan fingerprint density at radius 3 is 2.53 bits per heavy atom. The highest BCUT2D eigenvalue weighted by Gasteiger charge is 2.15. The molecule has 0 radical (unpaired) electrons. The van der Waals surface area contributed by atoms with Crippen LogP contribution < -0.4 is 11.1 Å². The Labute approximate surface area is 104 Å². The molecule has 0 aliphatic rings. The van der Waals surface area contributed by atoms with Crippen LogP contribution in [0.25, 0.3) is 0 Å². The predicted octanol–water partition coefficient (Wildman–Crippen LogP) is 1.97. The van der Waals surface area contributed by atoms with E-state index in [0.29, 0.717) is 12.0 Å². The van der Waals surface area contributed by atoms with E-state index in [2.05, 4.69) is 43.1 Å². The summed E-state index contributed by atoms with van der Waals surface area (Å²) >= 11 is 0. The molecule has 4 heteroatoms. The lowest BCUT2D eigenvalue weighted by Gasteiger charge is -2.26.